The number of carbonyl (C=O) groups excluding carboxylic acids is 2. The smallest absolute Gasteiger partial charge is 0.410 e. The van der Waals surface area contributed by atoms with E-state index >= 15 is 0 Å². The van der Waals surface area contributed by atoms with Crippen LogP contribution in [-0.2, 0) is 6.54 Å². The standard InChI is InChI=1S/C23H21F4N5O3/c1-35-16-7-6-14(24)10-15(16)22(34)30-11-12-2-4-13(5-3-12)19-18(20(28)33)21-29-9-8-17(23(25,26)27)32(21)31-19/h2-7,10,17,29H,8-9,11H2,1H3,(H2,28,33)(H,30,34)/i1D. The predicted molar refractivity (Wildman–Crippen MR) is 119 cm³/mol. The molecule has 2 amide bonds. The molecule has 4 rings (SSSR count). The molecule has 4 N–H and O–H groups in total. The fourth-order valence-corrected chi connectivity index (χ4v) is 3.88. The van der Waals surface area contributed by atoms with E-state index in [2.05, 4.69) is 15.7 Å². The number of anilines is 1. The van der Waals surface area contributed by atoms with Gasteiger partial charge in [0.2, 0.25) is 0 Å². The number of benzene rings is 2. The zero-order valence-electron chi connectivity index (χ0n) is 19.2. The van der Waals surface area contributed by atoms with Crippen LogP contribution in [0.3, 0.4) is 0 Å². The lowest BCUT2D eigenvalue weighted by molar-refractivity contribution is -0.171. The number of amides is 2. The zero-order valence-corrected chi connectivity index (χ0v) is 18.2. The van der Waals surface area contributed by atoms with Crippen molar-refractivity contribution in [2.24, 2.45) is 5.73 Å². The SMILES string of the molecule is [2H]COc1ccc(F)cc1C(=O)NCc1ccc(-c2nn3c(c2C(N)=O)NCCC3C(F)(F)F)cc1. The molecule has 184 valence electrons. The van der Waals surface area contributed by atoms with Crippen molar-refractivity contribution in [2.75, 3.05) is 18.9 Å². The fourth-order valence-electron chi connectivity index (χ4n) is 3.88. The predicted octanol–water partition coefficient (Wildman–Crippen LogP) is 3.65. The molecular formula is C23H21F4N5O3. The van der Waals surface area contributed by atoms with Gasteiger partial charge < -0.3 is 21.1 Å². The summed E-state index contributed by atoms with van der Waals surface area (Å²) in [6, 6.07) is 7.76. The van der Waals surface area contributed by atoms with Gasteiger partial charge in [-0.15, -0.1) is 0 Å². The van der Waals surface area contributed by atoms with Crippen LogP contribution in [-0.4, -0.2) is 41.4 Å². The van der Waals surface area contributed by atoms with Gasteiger partial charge in [0.05, 0.1) is 14.0 Å². The Balaban J connectivity index is 1.56. The lowest BCUT2D eigenvalue weighted by Gasteiger charge is -2.27. The summed E-state index contributed by atoms with van der Waals surface area (Å²) in [5.74, 6) is -2.20. The van der Waals surface area contributed by atoms with Gasteiger partial charge in [0.1, 0.15) is 28.6 Å². The second-order valence-electron chi connectivity index (χ2n) is 7.82. The second-order valence-corrected chi connectivity index (χ2v) is 7.82. The summed E-state index contributed by atoms with van der Waals surface area (Å²) in [6.45, 7) is 0.0457. The highest BCUT2D eigenvalue weighted by Crippen LogP contribution is 2.41. The van der Waals surface area contributed by atoms with Crippen LogP contribution in [0.1, 0.15) is 40.1 Å². The number of alkyl halides is 3. The Kier molecular flexibility index (Phi) is 6.01. The van der Waals surface area contributed by atoms with E-state index in [1.165, 1.54) is 6.07 Å². The van der Waals surface area contributed by atoms with Crippen LogP contribution in [0.2, 0.25) is 0 Å². The topological polar surface area (TPSA) is 111 Å². The molecule has 1 aliphatic heterocycles. The number of hydrogen-bond donors (Lipinski definition) is 3. The molecule has 0 spiro atoms. The number of nitrogens with zero attached hydrogens (tertiary/aromatic N) is 2. The van der Waals surface area contributed by atoms with Crippen LogP contribution >= 0.6 is 0 Å². The lowest BCUT2D eigenvalue weighted by atomic mass is 10.0. The van der Waals surface area contributed by atoms with E-state index < -0.39 is 36.9 Å². The molecule has 0 saturated carbocycles. The number of fused-ring (bicyclic) bond motifs is 1. The summed E-state index contributed by atoms with van der Waals surface area (Å²) in [5.41, 5.74) is 6.25. The van der Waals surface area contributed by atoms with Crippen molar-refractivity contribution in [3.05, 3.63) is 65.0 Å². The third-order valence-corrected chi connectivity index (χ3v) is 5.56. The van der Waals surface area contributed by atoms with Crippen LogP contribution in [0.4, 0.5) is 23.4 Å². The highest BCUT2D eigenvalue weighted by atomic mass is 19.4. The Hall–Kier alpha value is -4.09. The summed E-state index contributed by atoms with van der Waals surface area (Å²) in [6.07, 6.45) is -4.79. The molecule has 35 heavy (non-hydrogen) atoms. The summed E-state index contributed by atoms with van der Waals surface area (Å²) in [5, 5.41) is 9.47. The first-order chi connectivity index (χ1) is 17.1. The minimum Gasteiger partial charge on any atom is -0.496 e. The van der Waals surface area contributed by atoms with E-state index in [0.717, 1.165) is 16.8 Å². The molecule has 12 heteroatoms. The molecule has 1 atom stereocenters. The Morgan fingerprint density at radius 3 is 2.69 bits per heavy atom. The molecule has 1 aromatic heterocycles. The second kappa shape index (κ2) is 9.28. The van der Waals surface area contributed by atoms with Crippen LogP contribution in [0.25, 0.3) is 11.3 Å². The Bertz CT molecular complexity index is 1290. The maximum atomic E-state index is 13.6. The quantitative estimate of drug-likeness (QED) is 0.455. The number of methoxy groups -OCH3 is 1. The number of nitrogens with two attached hydrogens (primary N) is 1. The van der Waals surface area contributed by atoms with E-state index in [9.17, 15) is 27.2 Å². The number of carbonyl (C=O) groups is 2. The summed E-state index contributed by atoms with van der Waals surface area (Å²) < 4.78 is 67.0. The molecule has 1 unspecified atom stereocenters. The van der Waals surface area contributed by atoms with Crippen molar-refractivity contribution in [1.29, 1.82) is 0 Å². The number of ether oxygens (including phenoxy) is 1. The number of nitrogens with one attached hydrogen (secondary N) is 2. The maximum absolute atomic E-state index is 13.6. The van der Waals surface area contributed by atoms with Crippen molar-refractivity contribution in [1.82, 2.24) is 15.1 Å². The minimum absolute atomic E-state index is 0.00802. The molecule has 2 heterocycles. The van der Waals surface area contributed by atoms with Gasteiger partial charge in [-0.1, -0.05) is 24.3 Å². The highest BCUT2D eigenvalue weighted by Gasteiger charge is 2.45. The van der Waals surface area contributed by atoms with Gasteiger partial charge in [-0.05, 0) is 30.2 Å². The van der Waals surface area contributed by atoms with Gasteiger partial charge in [-0.25, -0.2) is 9.07 Å². The van der Waals surface area contributed by atoms with Gasteiger partial charge in [0.25, 0.3) is 11.8 Å². The molecule has 2 aromatic carbocycles. The van der Waals surface area contributed by atoms with Gasteiger partial charge in [0, 0.05) is 18.7 Å². The first kappa shape index (κ1) is 22.7. The molecule has 3 aromatic rings. The first-order valence-corrected chi connectivity index (χ1v) is 10.4. The van der Waals surface area contributed by atoms with E-state index in [0.29, 0.717) is 11.1 Å². The molecule has 0 bridgehead atoms. The number of primary amides is 1. The molecule has 0 radical (unpaired) electrons. The van der Waals surface area contributed by atoms with E-state index in [1.54, 1.807) is 24.3 Å². The van der Waals surface area contributed by atoms with Crippen molar-refractivity contribution in [3.8, 4) is 17.0 Å². The first-order valence-electron chi connectivity index (χ1n) is 11.1. The molecule has 1 aliphatic rings. The zero-order chi connectivity index (χ0) is 26.0. The van der Waals surface area contributed by atoms with Gasteiger partial charge in [0.15, 0.2) is 6.04 Å². The van der Waals surface area contributed by atoms with Crippen molar-refractivity contribution < 1.29 is 33.3 Å². The monoisotopic (exact) mass is 492 g/mol. The van der Waals surface area contributed by atoms with Gasteiger partial charge in [-0.3, -0.25) is 9.59 Å². The summed E-state index contributed by atoms with van der Waals surface area (Å²) >= 11 is 0. The van der Waals surface area contributed by atoms with Gasteiger partial charge >= 0.3 is 6.18 Å². The molecule has 0 saturated heterocycles. The molecule has 8 nitrogen and oxygen atoms in total. The van der Waals surface area contributed by atoms with E-state index in [4.69, 9.17) is 11.8 Å². The van der Waals surface area contributed by atoms with Crippen molar-refractivity contribution >= 4 is 17.6 Å². The minimum atomic E-state index is -4.55. The number of rotatable bonds is 6. The van der Waals surface area contributed by atoms with Crippen LogP contribution < -0.4 is 21.1 Å². The van der Waals surface area contributed by atoms with E-state index in [-0.39, 0.29) is 47.9 Å². The van der Waals surface area contributed by atoms with E-state index in [1.807, 2.05) is 0 Å². The third kappa shape index (κ3) is 4.77. The molecule has 0 fully saturated rings. The fraction of sp³-hybridized carbons (Fsp3) is 0.261. The summed E-state index contributed by atoms with van der Waals surface area (Å²) in [7, 11) is -0.447. The van der Waals surface area contributed by atoms with Crippen molar-refractivity contribution in [3.63, 3.8) is 0 Å². The highest BCUT2D eigenvalue weighted by molar-refractivity contribution is 6.04. The van der Waals surface area contributed by atoms with Crippen LogP contribution in [0, 0.1) is 5.82 Å². The lowest BCUT2D eigenvalue weighted by Crippen LogP contribution is -2.34. The van der Waals surface area contributed by atoms with Crippen LogP contribution in [0.15, 0.2) is 42.5 Å². The number of aromatic nitrogens is 2. The number of hydrogen-bond acceptors (Lipinski definition) is 5. The van der Waals surface area contributed by atoms with Gasteiger partial charge in [-0.2, -0.15) is 18.3 Å². The van der Waals surface area contributed by atoms with Crippen LogP contribution in [0.5, 0.6) is 5.75 Å². The Labute approximate surface area is 198 Å². The molecular weight excluding hydrogens is 470 g/mol. The van der Waals surface area contributed by atoms with Crippen molar-refractivity contribution in [2.45, 2.75) is 25.2 Å². The summed E-state index contributed by atoms with van der Waals surface area (Å²) in [4.78, 5) is 24.6. The third-order valence-electron chi connectivity index (χ3n) is 5.56. The largest absolute Gasteiger partial charge is 0.496 e. The average molecular weight is 492 g/mol. The maximum Gasteiger partial charge on any atom is 0.410 e. The normalized spacial score (nSPS) is 15.5. The average Bonchev–Trinajstić information content (AvgIpc) is 3.23. The Morgan fingerprint density at radius 1 is 1.29 bits per heavy atom. The molecule has 0 aliphatic carbocycles. The Morgan fingerprint density at radius 2 is 2.03 bits per heavy atom. The number of halogens is 4.